The number of esters is 1. The molecule has 0 bridgehead atoms. The number of carbonyl (C=O) groups excluding carboxylic acids is 2. The van der Waals surface area contributed by atoms with Gasteiger partial charge in [0.15, 0.2) is 23.0 Å². The van der Waals surface area contributed by atoms with Crippen LogP contribution >= 0.6 is 0 Å². The van der Waals surface area contributed by atoms with Crippen LogP contribution in [0.5, 0.6) is 23.0 Å². The van der Waals surface area contributed by atoms with Crippen LogP contribution in [0.1, 0.15) is 61.5 Å². The zero-order valence-corrected chi connectivity index (χ0v) is 19.7. The summed E-state index contributed by atoms with van der Waals surface area (Å²) in [5, 5.41) is 0. The van der Waals surface area contributed by atoms with Crippen molar-refractivity contribution in [2.75, 3.05) is 20.6 Å². The Kier molecular flexibility index (Phi) is 4.61. The van der Waals surface area contributed by atoms with E-state index < -0.39 is 11.5 Å². The Balaban J connectivity index is 1.62. The second kappa shape index (κ2) is 7.37. The molecule has 1 aliphatic carbocycles. The summed E-state index contributed by atoms with van der Waals surface area (Å²) < 4.78 is 28.9. The van der Waals surface area contributed by atoms with Gasteiger partial charge in [0, 0.05) is 37.4 Å². The Morgan fingerprint density at radius 1 is 1.06 bits per heavy atom. The second-order valence-corrected chi connectivity index (χ2v) is 9.74. The van der Waals surface area contributed by atoms with Gasteiger partial charge in [-0.15, -0.1) is 0 Å². The molecular weight excluding hydrogens is 438 g/mol. The lowest BCUT2D eigenvalue weighted by Crippen LogP contribution is -2.57. The molecule has 8 heteroatoms. The SMILES string of the molecule is CC(=O)CC1c2c(ccc3c2OCO3)C2(C)C(OC(C)=O)Cc3cc4c(cc3C2N1C)OCO4. The number of Topliss-reactive ketones (excluding diaryl/α,β-unsaturated/α-hetero) is 1. The molecule has 0 radical (unpaired) electrons. The molecule has 178 valence electrons. The number of carbonyl (C=O) groups is 2. The first-order valence-electron chi connectivity index (χ1n) is 11.5. The van der Waals surface area contributed by atoms with Gasteiger partial charge in [0.25, 0.3) is 0 Å². The van der Waals surface area contributed by atoms with Gasteiger partial charge in [-0.05, 0) is 48.9 Å². The summed E-state index contributed by atoms with van der Waals surface area (Å²) in [4.78, 5) is 26.9. The highest BCUT2D eigenvalue weighted by atomic mass is 16.7. The van der Waals surface area contributed by atoms with E-state index in [0.717, 1.165) is 22.3 Å². The van der Waals surface area contributed by atoms with Crippen LogP contribution in [0.15, 0.2) is 24.3 Å². The second-order valence-electron chi connectivity index (χ2n) is 9.74. The third-order valence-electron chi connectivity index (χ3n) is 7.75. The van der Waals surface area contributed by atoms with Gasteiger partial charge in [-0.3, -0.25) is 14.5 Å². The van der Waals surface area contributed by atoms with Crippen molar-refractivity contribution in [1.82, 2.24) is 4.90 Å². The number of rotatable bonds is 3. The van der Waals surface area contributed by atoms with E-state index in [1.54, 1.807) is 6.92 Å². The van der Waals surface area contributed by atoms with E-state index in [1.807, 2.05) is 31.3 Å². The average Bonchev–Trinajstić information content (AvgIpc) is 3.43. The van der Waals surface area contributed by atoms with E-state index in [-0.39, 0.29) is 37.4 Å². The van der Waals surface area contributed by atoms with Crippen molar-refractivity contribution in [2.45, 2.75) is 57.2 Å². The van der Waals surface area contributed by atoms with Crippen molar-refractivity contribution >= 4 is 11.8 Å². The van der Waals surface area contributed by atoms with Crippen molar-refractivity contribution in [3.63, 3.8) is 0 Å². The molecule has 4 unspecified atom stereocenters. The summed E-state index contributed by atoms with van der Waals surface area (Å²) in [6.45, 7) is 5.51. The van der Waals surface area contributed by atoms with Crippen LogP contribution in [0.25, 0.3) is 0 Å². The van der Waals surface area contributed by atoms with E-state index in [9.17, 15) is 9.59 Å². The Bertz CT molecular complexity index is 1220. The fraction of sp³-hybridized carbons (Fsp3) is 0.462. The van der Waals surface area contributed by atoms with Crippen LogP contribution in [-0.2, 0) is 26.2 Å². The van der Waals surface area contributed by atoms with Crippen LogP contribution in [-0.4, -0.2) is 43.4 Å². The molecule has 0 saturated carbocycles. The first-order valence-corrected chi connectivity index (χ1v) is 11.5. The highest BCUT2D eigenvalue weighted by Crippen LogP contribution is 2.61. The molecule has 34 heavy (non-hydrogen) atoms. The Morgan fingerprint density at radius 3 is 2.50 bits per heavy atom. The topological polar surface area (TPSA) is 83.5 Å². The van der Waals surface area contributed by atoms with Crippen molar-refractivity contribution in [2.24, 2.45) is 0 Å². The molecule has 0 amide bonds. The van der Waals surface area contributed by atoms with Crippen molar-refractivity contribution in [3.8, 4) is 23.0 Å². The molecule has 4 aliphatic rings. The molecule has 4 atom stereocenters. The zero-order valence-electron chi connectivity index (χ0n) is 19.7. The molecule has 0 fully saturated rings. The molecule has 3 heterocycles. The van der Waals surface area contributed by atoms with Crippen LogP contribution < -0.4 is 18.9 Å². The van der Waals surface area contributed by atoms with Crippen molar-refractivity contribution < 1.29 is 33.3 Å². The fourth-order valence-corrected chi connectivity index (χ4v) is 6.37. The van der Waals surface area contributed by atoms with Crippen molar-refractivity contribution in [3.05, 3.63) is 46.5 Å². The van der Waals surface area contributed by atoms with E-state index in [0.29, 0.717) is 35.8 Å². The molecule has 6 rings (SSSR count). The normalized spacial score (nSPS) is 28.1. The van der Waals surface area contributed by atoms with E-state index in [4.69, 9.17) is 23.7 Å². The third-order valence-corrected chi connectivity index (χ3v) is 7.75. The molecule has 0 saturated heterocycles. The molecule has 2 aromatic rings. The van der Waals surface area contributed by atoms with E-state index in [2.05, 4.69) is 11.8 Å². The Hall–Kier alpha value is -3.26. The molecule has 2 aromatic carbocycles. The first kappa shape index (κ1) is 21.3. The summed E-state index contributed by atoms with van der Waals surface area (Å²) in [6.07, 6.45) is 0.439. The number of fused-ring (bicyclic) bond motifs is 8. The quantitative estimate of drug-likeness (QED) is 0.636. The molecule has 8 nitrogen and oxygen atoms in total. The molecule has 0 aromatic heterocycles. The summed E-state index contributed by atoms with van der Waals surface area (Å²) in [7, 11) is 2.03. The Morgan fingerprint density at radius 2 is 1.76 bits per heavy atom. The van der Waals surface area contributed by atoms with Gasteiger partial charge in [-0.1, -0.05) is 13.0 Å². The number of ketones is 1. The predicted octanol–water partition coefficient (Wildman–Crippen LogP) is 3.60. The van der Waals surface area contributed by atoms with Gasteiger partial charge in [-0.25, -0.2) is 0 Å². The summed E-state index contributed by atoms with van der Waals surface area (Å²) in [5.41, 5.74) is 3.49. The minimum absolute atomic E-state index is 0.0844. The van der Waals surface area contributed by atoms with E-state index >= 15 is 0 Å². The standard InChI is InChI=1S/C26H27NO7/c1-13(28)7-18-23-17(5-6-19-24(23)33-12-30-19)26(3)22(34-14(2)29)9-15-8-20-21(32-11-31-20)10-16(15)25(26)27(18)4/h5-6,8,10,18,22,25H,7,9,11-12H2,1-4H3. The summed E-state index contributed by atoms with van der Waals surface area (Å²) in [5.74, 6) is 2.51. The van der Waals surface area contributed by atoms with Crippen LogP contribution in [0.4, 0.5) is 0 Å². The molecule has 3 aliphatic heterocycles. The molecule has 0 spiro atoms. The summed E-state index contributed by atoms with van der Waals surface area (Å²) in [6, 6.07) is 7.61. The van der Waals surface area contributed by atoms with Gasteiger partial charge < -0.3 is 23.7 Å². The molecular formula is C26H27NO7. The summed E-state index contributed by atoms with van der Waals surface area (Å²) >= 11 is 0. The monoisotopic (exact) mass is 465 g/mol. The smallest absolute Gasteiger partial charge is 0.302 e. The number of ether oxygens (including phenoxy) is 5. The number of hydrogen-bond acceptors (Lipinski definition) is 8. The van der Waals surface area contributed by atoms with Gasteiger partial charge in [0.1, 0.15) is 11.9 Å². The lowest BCUT2D eigenvalue weighted by Gasteiger charge is -2.56. The minimum Gasteiger partial charge on any atom is -0.461 e. The van der Waals surface area contributed by atoms with Gasteiger partial charge >= 0.3 is 5.97 Å². The lowest BCUT2D eigenvalue weighted by molar-refractivity contribution is -0.154. The van der Waals surface area contributed by atoms with Crippen LogP contribution in [0.3, 0.4) is 0 Å². The highest BCUT2D eigenvalue weighted by Gasteiger charge is 2.57. The van der Waals surface area contributed by atoms with Crippen molar-refractivity contribution in [1.29, 1.82) is 0 Å². The maximum Gasteiger partial charge on any atom is 0.302 e. The van der Waals surface area contributed by atoms with E-state index in [1.165, 1.54) is 6.92 Å². The third kappa shape index (κ3) is 2.87. The first-order chi connectivity index (χ1) is 16.3. The number of hydrogen-bond donors (Lipinski definition) is 0. The minimum atomic E-state index is -0.606. The van der Waals surface area contributed by atoms with Crippen LogP contribution in [0, 0.1) is 0 Å². The maximum atomic E-state index is 12.4. The zero-order chi connectivity index (χ0) is 23.8. The fourth-order valence-electron chi connectivity index (χ4n) is 6.37. The average molecular weight is 466 g/mol. The lowest BCUT2D eigenvalue weighted by atomic mass is 9.58. The largest absolute Gasteiger partial charge is 0.461 e. The van der Waals surface area contributed by atoms with Gasteiger partial charge in [-0.2, -0.15) is 0 Å². The van der Waals surface area contributed by atoms with Gasteiger partial charge in [0.2, 0.25) is 13.6 Å². The predicted molar refractivity (Wildman–Crippen MR) is 120 cm³/mol. The number of nitrogens with zero attached hydrogens (tertiary/aromatic N) is 1. The van der Waals surface area contributed by atoms with Gasteiger partial charge in [0.05, 0.1) is 5.41 Å². The number of likely N-dealkylation sites (N-methyl/N-ethyl adjacent to an activating group) is 1. The molecule has 0 N–H and O–H groups in total. The Labute approximate surface area is 197 Å². The van der Waals surface area contributed by atoms with Crippen LogP contribution in [0.2, 0.25) is 0 Å². The highest BCUT2D eigenvalue weighted by molar-refractivity contribution is 5.77. The maximum absolute atomic E-state index is 12.4. The number of benzene rings is 2.